The van der Waals surface area contributed by atoms with Gasteiger partial charge < -0.3 is 9.47 Å². The molecule has 2 bridgehead atoms. The van der Waals surface area contributed by atoms with E-state index < -0.39 is 5.79 Å². The Morgan fingerprint density at radius 2 is 1.57 bits per heavy atom. The molecule has 0 aromatic heterocycles. The van der Waals surface area contributed by atoms with Gasteiger partial charge in [0.15, 0.2) is 5.79 Å². The molecule has 1 aliphatic heterocycles. The highest BCUT2D eigenvalue weighted by Crippen LogP contribution is 2.72. The molecule has 2 aromatic rings. The number of hydrogen-bond acceptors (Lipinski definition) is 2. The molecule has 2 aromatic carbocycles. The van der Waals surface area contributed by atoms with Crippen LogP contribution < -0.4 is 0 Å². The van der Waals surface area contributed by atoms with Crippen LogP contribution >= 0.6 is 22.6 Å². The number of fused-ring (bicyclic) bond motifs is 1. The zero-order valence-electron chi connectivity index (χ0n) is 18.3. The third-order valence-electron chi connectivity index (χ3n) is 8.91. The van der Waals surface area contributed by atoms with Crippen molar-refractivity contribution in [1.29, 1.82) is 0 Å². The molecule has 158 valence electrons. The van der Waals surface area contributed by atoms with Gasteiger partial charge in [-0.2, -0.15) is 0 Å². The molecule has 30 heavy (non-hydrogen) atoms. The first-order valence-corrected chi connectivity index (χ1v) is 12.7. The summed E-state index contributed by atoms with van der Waals surface area (Å²) in [4.78, 5) is 0. The average Bonchev–Trinajstić information content (AvgIpc) is 2.72. The van der Waals surface area contributed by atoms with Crippen molar-refractivity contribution in [3.05, 3.63) is 71.3 Å². The van der Waals surface area contributed by atoms with Gasteiger partial charge >= 0.3 is 0 Å². The van der Waals surface area contributed by atoms with Crippen LogP contribution in [0.2, 0.25) is 0 Å². The molecule has 2 nitrogen and oxygen atoms in total. The lowest BCUT2D eigenvalue weighted by Gasteiger charge is -2.73. The van der Waals surface area contributed by atoms with E-state index in [0.717, 1.165) is 12.3 Å². The first-order valence-electron chi connectivity index (χ1n) is 11.4. The number of benzene rings is 2. The Balaban J connectivity index is 1.62. The average molecular weight is 514 g/mol. The first kappa shape index (κ1) is 19.8. The minimum atomic E-state index is -0.538. The summed E-state index contributed by atoms with van der Waals surface area (Å²) in [5.41, 5.74) is 4.66. The standard InChI is InChI=1S/C27H31IO2/c1-25(2)17-14-20(25)27-19-13-9-8-12-18(19)22(16-10-6-5-7-11-16)23(28)24(27)30-26(3,4)29-21(27)15-17/h5-13,17,20-24H,14-15H2,1-4H3. The largest absolute Gasteiger partial charge is 0.346 e. The van der Waals surface area contributed by atoms with Crippen molar-refractivity contribution in [2.24, 2.45) is 17.3 Å². The molecule has 4 fully saturated rings. The zero-order chi connectivity index (χ0) is 20.9. The van der Waals surface area contributed by atoms with Gasteiger partial charge in [0.25, 0.3) is 0 Å². The maximum absolute atomic E-state index is 6.92. The van der Waals surface area contributed by atoms with E-state index >= 15 is 0 Å². The third-order valence-corrected chi connectivity index (χ3v) is 10.3. The Hall–Kier alpha value is -0.910. The fourth-order valence-electron chi connectivity index (χ4n) is 7.58. The molecular formula is C27H31IO2. The van der Waals surface area contributed by atoms with E-state index in [1.165, 1.54) is 23.1 Å². The fraction of sp³-hybridized carbons (Fsp3) is 0.556. The molecule has 4 aliphatic carbocycles. The summed E-state index contributed by atoms with van der Waals surface area (Å²) in [6, 6.07) is 20.3. The van der Waals surface area contributed by atoms with Crippen molar-refractivity contribution in [1.82, 2.24) is 0 Å². The molecule has 3 saturated carbocycles. The van der Waals surface area contributed by atoms with Gasteiger partial charge in [-0.05, 0) is 60.6 Å². The summed E-state index contributed by atoms with van der Waals surface area (Å²) < 4.78 is 14.0. The second-order valence-electron chi connectivity index (χ2n) is 10.9. The first-order chi connectivity index (χ1) is 14.3. The number of ether oxygens (including phenoxy) is 2. The van der Waals surface area contributed by atoms with Crippen LogP contribution in [0.25, 0.3) is 0 Å². The lowest BCUT2D eigenvalue weighted by atomic mass is 9.36. The molecule has 1 spiro atoms. The summed E-state index contributed by atoms with van der Waals surface area (Å²) in [6.45, 7) is 9.21. The monoisotopic (exact) mass is 514 g/mol. The van der Waals surface area contributed by atoms with Gasteiger partial charge in [-0.15, -0.1) is 0 Å². The highest BCUT2D eigenvalue weighted by Gasteiger charge is 2.74. The van der Waals surface area contributed by atoms with Crippen LogP contribution in [0.5, 0.6) is 0 Å². The van der Waals surface area contributed by atoms with E-state index in [2.05, 4.69) is 105 Å². The van der Waals surface area contributed by atoms with E-state index in [0.29, 0.717) is 21.2 Å². The van der Waals surface area contributed by atoms with Crippen molar-refractivity contribution in [2.45, 2.75) is 73.8 Å². The Morgan fingerprint density at radius 3 is 2.30 bits per heavy atom. The van der Waals surface area contributed by atoms with Crippen molar-refractivity contribution in [3.63, 3.8) is 0 Å². The number of halogens is 1. The summed E-state index contributed by atoms with van der Waals surface area (Å²) in [7, 11) is 0. The molecule has 0 amide bonds. The van der Waals surface area contributed by atoms with E-state index in [4.69, 9.17) is 9.47 Å². The van der Waals surface area contributed by atoms with Crippen LogP contribution in [0.1, 0.15) is 63.1 Å². The van der Waals surface area contributed by atoms with Crippen LogP contribution in [0, 0.1) is 17.3 Å². The SMILES string of the molecule is CC1(C)OC2CC3CC(C3(C)C)C23c2ccccc2C(c2ccccc2)C(I)C3O1. The maximum atomic E-state index is 6.92. The predicted molar refractivity (Wildman–Crippen MR) is 128 cm³/mol. The van der Waals surface area contributed by atoms with Gasteiger partial charge in [0, 0.05) is 9.84 Å². The van der Waals surface area contributed by atoms with Crippen LogP contribution in [0.4, 0.5) is 0 Å². The Bertz CT molecular complexity index is 983. The molecule has 7 unspecified atom stereocenters. The van der Waals surface area contributed by atoms with Gasteiger partial charge in [-0.1, -0.05) is 91.0 Å². The number of alkyl halides is 1. The van der Waals surface area contributed by atoms with Gasteiger partial charge in [0.2, 0.25) is 0 Å². The summed E-state index contributed by atoms with van der Waals surface area (Å²) in [6.07, 6.45) is 2.84. The van der Waals surface area contributed by atoms with Crippen LogP contribution in [0.15, 0.2) is 54.6 Å². The third kappa shape index (κ3) is 2.38. The topological polar surface area (TPSA) is 18.5 Å². The maximum Gasteiger partial charge on any atom is 0.163 e. The molecule has 5 aliphatic rings. The summed E-state index contributed by atoms with van der Waals surface area (Å²) in [5.74, 6) is 1.17. The minimum Gasteiger partial charge on any atom is -0.346 e. The molecule has 7 atom stereocenters. The Labute approximate surface area is 193 Å². The molecule has 1 saturated heterocycles. The second-order valence-corrected chi connectivity index (χ2v) is 12.4. The minimum absolute atomic E-state index is 0.0541. The Morgan fingerprint density at radius 1 is 0.867 bits per heavy atom. The van der Waals surface area contributed by atoms with E-state index in [1.54, 1.807) is 0 Å². The normalized spacial score (nSPS) is 42.3. The van der Waals surface area contributed by atoms with E-state index in [-0.39, 0.29) is 17.6 Å². The lowest BCUT2D eigenvalue weighted by Crippen LogP contribution is -2.77. The number of hydrogen-bond donors (Lipinski definition) is 0. The van der Waals surface area contributed by atoms with Crippen molar-refractivity contribution < 1.29 is 9.47 Å². The number of rotatable bonds is 1. The lowest BCUT2D eigenvalue weighted by molar-refractivity contribution is -0.374. The Kier molecular flexibility index (Phi) is 4.16. The highest BCUT2D eigenvalue weighted by molar-refractivity contribution is 14.1. The second kappa shape index (κ2) is 6.32. The molecule has 0 radical (unpaired) electrons. The fourth-order valence-corrected chi connectivity index (χ4v) is 9.13. The van der Waals surface area contributed by atoms with Crippen molar-refractivity contribution in [3.8, 4) is 0 Å². The summed E-state index contributed by atoms with van der Waals surface area (Å²) in [5, 5.41) is 0. The van der Waals surface area contributed by atoms with E-state index in [1.807, 2.05) is 0 Å². The molecule has 0 N–H and O–H groups in total. The molecular weight excluding hydrogens is 483 g/mol. The quantitative estimate of drug-likeness (QED) is 0.321. The van der Waals surface area contributed by atoms with Crippen LogP contribution in [-0.2, 0) is 14.9 Å². The van der Waals surface area contributed by atoms with Gasteiger partial charge in [0.1, 0.15) is 0 Å². The predicted octanol–water partition coefficient (Wildman–Crippen LogP) is 6.46. The molecule has 3 heteroatoms. The van der Waals surface area contributed by atoms with Gasteiger partial charge in [-0.3, -0.25) is 0 Å². The van der Waals surface area contributed by atoms with Gasteiger partial charge in [0.05, 0.1) is 17.6 Å². The summed E-state index contributed by atoms with van der Waals surface area (Å²) >= 11 is 2.71. The molecule has 1 heterocycles. The van der Waals surface area contributed by atoms with Crippen molar-refractivity contribution >= 4 is 22.6 Å². The smallest absolute Gasteiger partial charge is 0.163 e. The highest BCUT2D eigenvalue weighted by atomic mass is 127. The zero-order valence-corrected chi connectivity index (χ0v) is 20.4. The van der Waals surface area contributed by atoms with Crippen LogP contribution in [-0.4, -0.2) is 21.9 Å². The van der Waals surface area contributed by atoms with Gasteiger partial charge in [-0.25, -0.2) is 0 Å². The van der Waals surface area contributed by atoms with Crippen molar-refractivity contribution in [2.75, 3.05) is 0 Å². The van der Waals surface area contributed by atoms with Crippen LogP contribution in [0.3, 0.4) is 0 Å². The van der Waals surface area contributed by atoms with E-state index in [9.17, 15) is 0 Å². The molecule has 7 rings (SSSR count).